The Balaban J connectivity index is 1.78. The molecule has 0 N–H and O–H groups in total. The predicted molar refractivity (Wildman–Crippen MR) is 74.3 cm³/mol. The van der Waals surface area contributed by atoms with Crippen LogP contribution in [0, 0.1) is 0 Å². The average Bonchev–Trinajstić information content (AvgIpc) is 3.13. The monoisotopic (exact) mass is 272 g/mol. The van der Waals surface area contributed by atoms with Crippen LogP contribution in [0.3, 0.4) is 0 Å². The lowest BCUT2D eigenvalue weighted by Gasteiger charge is -2.18. The summed E-state index contributed by atoms with van der Waals surface area (Å²) in [7, 11) is 2.01. The first-order chi connectivity index (χ1) is 9.74. The fourth-order valence-electron chi connectivity index (χ4n) is 3.10. The smallest absolute Gasteiger partial charge is 0.248 e. The first kappa shape index (κ1) is 11.8. The van der Waals surface area contributed by atoms with Gasteiger partial charge in [0.15, 0.2) is 11.5 Å². The number of ether oxygens (including phenoxy) is 2. The molecule has 2 aromatic rings. The van der Waals surface area contributed by atoms with Crippen molar-refractivity contribution in [1.29, 1.82) is 0 Å². The Kier molecular flexibility index (Phi) is 2.50. The summed E-state index contributed by atoms with van der Waals surface area (Å²) in [5.74, 6) is 1.60. The van der Waals surface area contributed by atoms with Crippen molar-refractivity contribution in [3.63, 3.8) is 0 Å². The fourth-order valence-corrected chi connectivity index (χ4v) is 3.10. The standard InChI is InChI=1S/C15H16N2O3/c1-16-5-2-3-11(16)15(18)17-6-4-10-7-13-14(8-12(10)17)20-9-19-13/h4,6-8,11H,2-3,5,9H2,1H3/t11-/m0/s1. The van der Waals surface area contributed by atoms with Gasteiger partial charge in [-0.05, 0) is 38.6 Å². The largest absolute Gasteiger partial charge is 0.454 e. The summed E-state index contributed by atoms with van der Waals surface area (Å²) in [4.78, 5) is 14.8. The van der Waals surface area contributed by atoms with Gasteiger partial charge in [-0.25, -0.2) is 0 Å². The summed E-state index contributed by atoms with van der Waals surface area (Å²) in [6.45, 7) is 1.24. The third-order valence-corrected chi connectivity index (χ3v) is 4.23. The number of carbonyl (C=O) groups excluding carboxylic acids is 1. The fraction of sp³-hybridized carbons (Fsp3) is 0.400. The summed E-state index contributed by atoms with van der Waals surface area (Å²) in [5, 5.41) is 1.00. The Morgan fingerprint density at radius 1 is 1.30 bits per heavy atom. The molecule has 1 saturated heterocycles. The number of carbonyl (C=O) groups is 1. The highest BCUT2D eigenvalue weighted by molar-refractivity contribution is 5.96. The van der Waals surface area contributed by atoms with E-state index in [0.717, 1.165) is 36.0 Å². The maximum Gasteiger partial charge on any atom is 0.248 e. The molecule has 4 rings (SSSR count). The van der Waals surface area contributed by atoms with Crippen molar-refractivity contribution in [2.75, 3.05) is 20.4 Å². The number of nitrogens with zero attached hydrogens (tertiary/aromatic N) is 2. The van der Waals surface area contributed by atoms with Gasteiger partial charge in [-0.15, -0.1) is 0 Å². The highest BCUT2D eigenvalue weighted by Crippen LogP contribution is 2.36. The van der Waals surface area contributed by atoms with Gasteiger partial charge in [0.05, 0.1) is 11.6 Å². The van der Waals surface area contributed by atoms with E-state index in [2.05, 4.69) is 4.90 Å². The van der Waals surface area contributed by atoms with Gasteiger partial charge in [-0.1, -0.05) is 0 Å². The van der Waals surface area contributed by atoms with E-state index in [1.807, 2.05) is 31.4 Å². The van der Waals surface area contributed by atoms with E-state index < -0.39 is 0 Å². The summed E-state index contributed by atoms with van der Waals surface area (Å²) in [6, 6.07) is 5.75. The van der Waals surface area contributed by atoms with Gasteiger partial charge in [0.1, 0.15) is 0 Å². The molecule has 1 aromatic heterocycles. The van der Waals surface area contributed by atoms with Crippen LogP contribution in [-0.4, -0.2) is 41.8 Å². The minimum absolute atomic E-state index is 0.0176. The summed E-state index contributed by atoms with van der Waals surface area (Å²) >= 11 is 0. The van der Waals surface area contributed by atoms with Crippen LogP contribution in [0.2, 0.25) is 0 Å². The molecule has 20 heavy (non-hydrogen) atoms. The molecule has 1 fully saturated rings. The molecule has 0 bridgehead atoms. The third-order valence-electron chi connectivity index (χ3n) is 4.23. The van der Waals surface area contributed by atoms with Crippen LogP contribution in [0.5, 0.6) is 11.5 Å². The number of hydrogen-bond acceptors (Lipinski definition) is 4. The van der Waals surface area contributed by atoms with Crippen molar-refractivity contribution in [2.24, 2.45) is 0 Å². The Labute approximate surface area is 116 Å². The van der Waals surface area contributed by atoms with Crippen molar-refractivity contribution in [3.05, 3.63) is 24.4 Å². The minimum atomic E-state index is -0.0176. The molecule has 2 aliphatic heterocycles. The van der Waals surface area contributed by atoms with E-state index in [-0.39, 0.29) is 18.7 Å². The molecule has 3 heterocycles. The van der Waals surface area contributed by atoms with Crippen LogP contribution in [0.25, 0.3) is 10.9 Å². The molecule has 0 aliphatic carbocycles. The Morgan fingerprint density at radius 3 is 2.85 bits per heavy atom. The zero-order valence-corrected chi connectivity index (χ0v) is 11.3. The number of aromatic nitrogens is 1. The van der Waals surface area contributed by atoms with Crippen LogP contribution >= 0.6 is 0 Å². The van der Waals surface area contributed by atoms with Crippen LogP contribution in [0.15, 0.2) is 24.4 Å². The molecule has 0 amide bonds. The molecule has 5 heteroatoms. The van der Waals surface area contributed by atoms with Crippen LogP contribution in [-0.2, 0) is 0 Å². The Morgan fingerprint density at radius 2 is 2.10 bits per heavy atom. The van der Waals surface area contributed by atoms with E-state index in [0.29, 0.717) is 5.75 Å². The van der Waals surface area contributed by atoms with Crippen molar-refractivity contribution in [1.82, 2.24) is 9.47 Å². The zero-order valence-electron chi connectivity index (χ0n) is 11.3. The van der Waals surface area contributed by atoms with E-state index in [1.54, 1.807) is 4.57 Å². The number of fused-ring (bicyclic) bond motifs is 2. The molecular weight excluding hydrogens is 256 g/mol. The lowest BCUT2D eigenvalue weighted by molar-refractivity contribution is 0.0809. The van der Waals surface area contributed by atoms with Crippen molar-refractivity contribution < 1.29 is 14.3 Å². The molecule has 0 spiro atoms. The molecule has 5 nitrogen and oxygen atoms in total. The number of likely N-dealkylation sites (tertiary alicyclic amines) is 1. The molecule has 0 radical (unpaired) electrons. The molecular formula is C15H16N2O3. The van der Waals surface area contributed by atoms with Crippen molar-refractivity contribution in [3.8, 4) is 11.5 Å². The van der Waals surface area contributed by atoms with Gasteiger partial charge < -0.3 is 9.47 Å². The SMILES string of the molecule is CN1CCC[C@H]1C(=O)n1ccc2cc3c(cc21)OCO3. The van der Waals surface area contributed by atoms with Crippen molar-refractivity contribution in [2.45, 2.75) is 18.9 Å². The van der Waals surface area contributed by atoms with E-state index in [1.165, 1.54) is 0 Å². The summed E-state index contributed by atoms with van der Waals surface area (Å²) < 4.78 is 12.5. The molecule has 0 unspecified atom stereocenters. The van der Waals surface area contributed by atoms with E-state index in [9.17, 15) is 4.79 Å². The maximum absolute atomic E-state index is 12.7. The first-order valence-corrected chi connectivity index (χ1v) is 6.89. The van der Waals surface area contributed by atoms with Gasteiger partial charge >= 0.3 is 0 Å². The quantitative estimate of drug-likeness (QED) is 0.797. The highest BCUT2D eigenvalue weighted by Gasteiger charge is 2.29. The molecule has 1 aromatic carbocycles. The van der Waals surface area contributed by atoms with E-state index >= 15 is 0 Å². The number of hydrogen-bond donors (Lipinski definition) is 0. The number of rotatable bonds is 1. The minimum Gasteiger partial charge on any atom is -0.454 e. The van der Waals surface area contributed by atoms with Crippen LogP contribution in [0.4, 0.5) is 0 Å². The summed E-state index contributed by atoms with van der Waals surface area (Å²) in [6.07, 6.45) is 3.85. The van der Waals surface area contributed by atoms with E-state index in [4.69, 9.17) is 9.47 Å². The highest BCUT2D eigenvalue weighted by atomic mass is 16.7. The number of likely N-dealkylation sites (N-methyl/N-ethyl adjacent to an activating group) is 1. The van der Waals surface area contributed by atoms with Crippen LogP contribution in [0.1, 0.15) is 17.6 Å². The molecule has 2 aliphatic rings. The van der Waals surface area contributed by atoms with Gasteiger partial charge in [0, 0.05) is 17.6 Å². The second-order valence-corrected chi connectivity index (χ2v) is 5.43. The van der Waals surface area contributed by atoms with Crippen LogP contribution < -0.4 is 9.47 Å². The maximum atomic E-state index is 12.7. The van der Waals surface area contributed by atoms with Crippen molar-refractivity contribution >= 4 is 16.8 Å². The third kappa shape index (κ3) is 1.63. The first-order valence-electron chi connectivity index (χ1n) is 6.89. The van der Waals surface area contributed by atoms with Gasteiger partial charge in [0.25, 0.3) is 0 Å². The normalized spacial score (nSPS) is 21.8. The second kappa shape index (κ2) is 4.24. The number of benzene rings is 1. The molecule has 0 saturated carbocycles. The Bertz CT molecular complexity index is 692. The second-order valence-electron chi connectivity index (χ2n) is 5.43. The van der Waals surface area contributed by atoms with Gasteiger partial charge in [-0.3, -0.25) is 14.3 Å². The average molecular weight is 272 g/mol. The topological polar surface area (TPSA) is 43.7 Å². The summed E-state index contributed by atoms with van der Waals surface area (Å²) in [5.41, 5.74) is 0.888. The predicted octanol–water partition coefficient (Wildman–Crippen LogP) is 2.10. The zero-order chi connectivity index (χ0) is 13.7. The van der Waals surface area contributed by atoms with Gasteiger partial charge in [0.2, 0.25) is 12.7 Å². The lowest BCUT2D eigenvalue weighted by Crippen LogP contribution is -2.36. The molecule has 1 atom stereocenters. The molecule has 104 valence electrons. The Hall–Kier alpha value is -2.01. The van der Waals surface area contributed by atoms with Gasteiger partial charge in [-0.2, -0.15) is 0 Å². The lowest BCUT2D eigenvalue weighted by atomic mass is 10.2.